The molecule has 186 valence electrons. The van der Waals surface area contributed by atoms with Gasteiger partial charge < -0.3 is 4.74 Å². The lowest BCUT2D eigenvalue weighted by Gasteiger charge is -2.15. The Bertz CT molecular complexity index is 1220. The fourth-order valence-electron chi connectivity index (χ4n) is 3.93. The van der Waals surface area contributed by atoms with Crippen LogP contribution in [0, 0.1) is 0 Å². The minimum atomic E-state index is -3.44. The quantitative estimate of drug-likeness (QED) is 0.327. The number of nitrogens with one attached hydrogen (secondary N) is 1. The molecule has 0 aliphatic carbocycles. The van der Waals surface area contributed by atoms with Gasteiger partial charge in [0.1, 0.15) is 5.75 Å². The Balaban J connectivity index is 1.33. The molecule has 4 rings (SSSR count). The number of nitrogens with zero attached hydrogens (tertiary/aromatic N) is 2. The standard InChI is InChI=1S/C26H31N3O4S2/c1-2-3-4-7-18-33-22-12-8-21(9-13-22)25(30)28-26-27-24(19-34-26)20-10-14-23(15-11-20)35(31,32)29-16-5-6-17-29/h8-15,19H,2-7,16-18H2,1H3,(H,27,28,30). The molecule has 35 heavy (non-hydrogen) atoms. The molecule has 0 spiro atoms. The van der Waals surface area contributed by atoms with Gasteiger partial charge in [-0.05, 0) is 55.7 Å². The predicted molar refractivity (Wildman–Crippen MR) is 140 cm³/mol. The Morgan fingerprint density at radius 1 is 1.03 bits per heavy atom. The molecule has 1 fully saturated rings. The number of amides is 1. The summed E-state index contributed by atoms with van der Waals surface area (Å²) in [6.07, 6.45) is 6.41. The van der Waals surface area contributed by atoms with Gasteiger partial charge in [-0.2, -0.15) is 4.31 Å². The summed E-state index contributed by atoms with van der Waals surface area (Å²) in [7, 11) is -3.44. The van der Waals surface area contributed by atoms with Crippen LogP contribution in [0.4, 0.5) is 5.13 Å². The molecular weight excluding hydrogens is 482 g/mol. The topological polar surface area (TPSA) is 88.6 Å². The lowest BCUT2D eigenvalue weighted by Crippen LogP contribution is -2.27. The Labute approximate surface area is 211 Å². The summed E-state index contributed by atoms with van der Waals surface area (Å²) in [6.45, 7) is 4.01. The smallest absolute Gasteiger partial charge is 0.257 e. The first kappa shape index (κ1) is 25.3. The van der Waals surface area contributed by atoms with Crippen LogP contribution < -0.4 is 10.1 Å². The van der Waals surface area contributed by atoms with Crippen molar-refractivity contribution in [1.29, 1.82) is 0 Å². The van der Waals surface area contributed by atoms with Gasteiger partial charge in [0, 0.05) is 29.6 Å². The van der Waals surface area contributed by atoms with E-state index in [2.05, 4.69) is 17.2 Å². The van der Waals surface area contributed by atoms with Gasteiger partial charge in [0.05, 0.1) is 17.2 Å². The zero-order valence-electron chi connectivity index (χ0n) is 19.9. The third kappa shape index (κ3) is 6.48. The highest BCUT2D eigenvalue weighted by molar-refractivity contribution is 7.89. The molecule has 1 amide bonds. The van der Waals surface area contributed by atoms with Crippen LogP contribution in [0.1, 0.15) is 55.8 Å². The zero-order valence-corrected chi connectivity index (χ0v) is 21.5. The van der Waals surface area contributed by atoms with Gasteiger partial charge >= 0.3 is 0 Å². The van der Waals surface area contributed by atoms with Crippen LogP contribution in [-0.4, -0.2) is 43.3 Å². The maximum atomic E-state index is 12.7. The van der Waals surface area contributed by atoms with Crippen LogP contribution in [0.5, 0.6) is 5.75 Å². The zero-order chi connectivity index (χ0) is 24.7. The van der Waals surface area contributed by atoms with E-state index in [-0.39, 0.29) is 5.91 Å². The Morgan fingerprint density at radius 2 is 1.74 bits per heavy atom. The van der Waals surface area contributed by atoms with Crippen molar-refractivity contribution in [3.8, 4) is 17.0 Å². The Morgan fingerprint density at radius 3 is 2.43 bits per heavy atom. The number of benzene rings is 2. The van der Waals surface area contributed by atoms with Gasteiger partial charge in [0.2, 0.25) is 10.0 Å². The second-order valence-corrected chi connectivity index (χ2v) is 11.4. The van der Waals surface area contributed by atoms with E-state index in [1.807, 2.05) is 5.38 Å². The average Bonchev–Trinajstić information content (AvgIpc) is 3.58. The molecule has 0 saturated carbocycles. The van der Waals surface area contributed by atoms with Crippen molar-refractivity contribution < 1.29 is 17.9 Å². The first-order valence-corrected chi connectivity index (χ1v) is 14.4. The van der Waals surface area contributed by atoms with Crippen molar-refractivity contribution in [2.75, 3.05) is 25.0 Å². The third-order valence-electron chi connectivity index (χ3n) is 5.96. The molecule has 3 aromatic rings. The van der Waals surface area contributed by atoms with Gasteiger partial charge in [0.15, 0.2) is 5.13 Å². The number of hydrogen-bond donors (Lipinski definition) is 1. The maximum absolute atomic E-state index is 12.7. The van der Waals surface area contributed by atoms with Crippen molar-refractivity contribution in [2.45, 2.75) is 50.3 Å². The Kier molecular flexibility index (Phi) is 8.54. The van der Waals surface area contributed by atoms with E-state index in [1.54, 1.807) is 48.5 Å². The summed E-state index contributed by atoms with van der Waals surface area (Å²) in [4.78, 5) is 17.4. The maximum Gasteiger partial charge on any atom is 0.257 e. The van der Waals surface area contributed by atoms with Crippen LogP contribution >= 0.6 is 11.3 Å². The van der Waals surface area contributed by atoms with E-state index in [0.29, 0.717) is 41.0 Å². The molecular formula is C26H31N3O4S2. The molecule has 1 aliphatic heterocycles. The number of carbonyl (C=O) groups is 1. The minimum absolute atomic E-state index is 0.243. The molecule has 2 heterocycles. The molecule has 0 bridgehead atoms. The number of aromatic nitrogens is 1. The highest BCUT2D eigenvalue weighted by Gasteiger charge is 2.27. The van der Waals surface area contributed by atoms with E-state index in [4.69, 9.17) is 4.74 Å². The van der Waals surface area contributed by atoms with Crippen LogP contribution in [0.3, 0.4) is 0 Å². The van der Waals surface area contributed by atoms with Gasteiger partial charge in [-0.1, -0.05) is 38.3 Å². The van der Waals surface area contributed by atoms with Crippen molar-refractivity contribution in [3.63, 3.8) is 0 Å². The summed E-state index contributed by atoms with van der Waals surface area (Å²) < 4.78 is 32.7. The number of sulfonamides is 1. The summed E-state index contributed by atoms with van der Waals surface area (Å²) in [5.74, 6) is 0.511. The summed E-state index contributed by atoms with van der Waals surface area (Å²) in [6, 6.07) is 13.8. The van der Waals surface area contributed by atoms with Crippen LogP contribution in [0.25, 0.3) is 11.3 Å². The average molecular weight is 514 g/mol. The van der Waals surface area contributed by atoms with E-state index >= 15 is 0 Å². The van der Waals surface area contributed by atoms with Gasteiger partial charge in [-0.3, -0.25) is 10.1 Å². The number of unbranched alkanes of at least 4 members (excludes halogenated alkanes) is 3. The normalized spacial score (nSPS) is 14.2. The third-order valence-corrected chi connectivity index (χ3v) is 8.63. The van der Waals surface area contributed by atoms with Crippen molar-refractivity contribution in [3.05, 3.63) is 59.5 Å². The second kappa shape index (κ2) is 11.8. The number of thiazole rings is 1. The highest BCUT2D eigenvalue weighted by atomic mass is 32.2. The first-order chi connectivity index (χ1) is 17.0. The van der Waals surface area contributed by atoms with Gasteiger partial charge in [-0.25, -0.2) is 13.4 Å². The summed E-state index contributed by atoms with van der Waals surface area (Å²) in [5, 5.41) is 5.16. The number of anilines is 1. The molecule has 2 aromatic carbocycles. The lowest BCUT2D eigenvalue weighted by atomic mass is 10.2. The second-order valence-electron chi connectivity index (χ2n) is 8.56. The number of carbonyl (C=O) groups excluding carboxylic acids is 1. The van der Waals surface area contributed by atoms with E-state index in [9.17, 15) is 13.2 Å². The molecule has 1 aliphatic rings. The highest BCUT2D eigenvalue weighted by Crippen LogP contribution is 2.28. The molecule has 1 aromatic heterocycles. The van der Waals surface area contributed by atoms with E-state index in [1.165, 1.54) is 28.5 Å². The molecule has 0 atom stereocenters. The van der Waals surface area contributed by atoms with Gasteiger partial charge in [0.25, 0.3) is 5.91 Å². The first-order valence-electron chi connectivity index (χ1n) is 12.1. The van der Waals surface area contributed by atoms with Crippen LogP contribution in [-0.2, 0) is 10.0 Å². The molecule has 9 heteroatoms. The van der Waals surface area contributed by atoms with E-state index < -0.39 is 10.0 Å². The lowest BCUT2D eigenvalue weighted by molar-refractivity contribution is 0.102. The van der Waals surface area contributed by atoms with Crippen molar-refractivity contribution in [1.82, 2.24) is 9.29 Å². The molecule has 0 radical (unpaired) electrons. The summed E-state index contributed by atoms with van der Waals surface area (Å²) in [5.41, 5.74) is 2.00. The number of rotatable bonds is 11. The Hall–Kier alpha value is -2.75. The van der Waals surface area contributed by atoms with E-state index in [0.717, 1.165) is 37.0 Å². The molecule has 7 nitrogen and oxygen atoms in total. The van der Waals surface area contributed by atoms with Gasteiger partial charge in [-0.15, -0.1) is 11.3 Å². The largest absolute Gasteiger partial charge is 0.494 e. The number of ether oxygens (including phenoxy) is 1. The fraction of sp³-hybridized carbons (Fsp3) is 0.385. The molecule has 0 unspecified atom stereocenters. The molecule has 1 N–H and O–H groups in total. The van der Waals surface area contributed by atoms with Crippen molar-refractivity contribution in [2.24, 2.45) is 0 Å². The van der Waals surface area contributed by atoms with Crippen LogP contribution in [0.2, 0.25) is 0 Å². The molecule has 1 saturated heterocycles. The number of hydrogen-bond acceptors (Lipinski definition) is 6. The monoisotopic (exact) mass is 513 g/mol. The van der Waals surface area contributed by atoms with Crippen LogP contribution in [0.15, 0.2) is 58.8 Å². The predicted octanol–water partition coefficient (Wildman–Crippen LogP) is 5.81. The SMILES string of the molecule is CCCCCCOc1ccc(C(=O)Nc2nc(-c3ccc(S(=O)(=O)N4CCCC4)cc3)cs2)cc1. The minimum Gasteiger partial charge on any atom is -0.494 e. The van der Waals surface area contributed by atoms with Crippen molar-refractivity contribution >= 4 is 32.4 Å². The summed E-state index contributed by atoms with van der Waals surface area (Å²) >= 11 is 1.32. The fourth-order valence-corrected chi connectivity index (χ4v) is 6.16.